The predicted octanol–water partition coefficient (Wildman–Crippen LogP) is 0.0392. The molecule has 4 heteroatoms. The van der Waals surface area contributed by atoms with Crippen molar-refractivity contribution in [3.05, 3.63) is 0 Å². The van der Waals surface area contributed by atoms with Crippen LogP contribution < -0.4 is 11.1 Å². The summed E-state index contributed by atoms with van der Waals surface area (Å²) in [6.07, 6.45) is 0.723. The van der Waals surface area contributed by atoms with E-state index in [2.05, 4.69) is 5.32 Å². The van der Waals surface area contributed by atoms with Gasteiger partial charge < -0.3 is 16.0 Å². The molecule has 14 heavy (non-hydrogen) atoms. The van der Waals surface area contributed by atoms with Crippen molar-refractivity contribution in [2.45, 2.75) is 20.3 Å². The molecule has 0 bridgehead atoms. The smallest absolute Gasteiger partial charge is 0.225 e. The maximum atomic E-state index is 11.7. The molecule has 0 aliphatic rings. The normalized spacial score (nSPS) is 11.9. The summed E-state index contributed by atoms with van der Waals surface area (Å²) in [5.74, 6) is 0.0878. The third-order valence-corrected chi connectivity index (χ3v) is 2.23. The Bertz CT molecular complexity index is 178. The van der Waals surface area contributed by atoms with Gasteiger partial charge in [0.25, 0.3) is 0 Å². The molecule has 0 atom stereocenters. The van der Waals surface area contributed by atoms with Gasteiger partial charge in [-0.2, -0.15) is 0 Å². The molecule has 0 saturated carbocycles. The molecule has 3 N–H and O–H groups in total. The van der Waals surface area contributed by atoms with Crippen molar-refractivity contribution in [3.8, 4) is 0 Å². The zero-order valence-corrected chi connectivity index (χ0v) is 9.76. The van der Waals surface area contributed by atoms with Gasteiger partial charge in [0, 0.05) is 18.5 Å². The van der Waals surface area contributed by atoms with Crippen LogP contribution in [0.2, 0.25) is 0 Å². The third-order valence-electron chi connectivity index (χ3n) is 2.23. The van der Waals surface area contributed by atoms with Crippen molar-refractivity contribution in [1.29, 1.82) is 0 Å². The molecule has 0 rings (SSSR count). The van der Waals surface area contributed by atoms with Gasteiger partial charge >= 0.3 is 0 Å². The highest BCUT2D eigenvalue weighted by Gasteiger charge is 2.25. The molecule has 1 amide bonds. The first-order valence-electron chi connectivity index (χ1n) is 5.03. The number of hydrogen-bond donors (Lipinski definition) is 2. The molecule has 84 valence electrons. The van der Waals surface area contributed by atoms with Crippen molar-refractivity contribution in [3.63, 3.8) is 0 Å². The fourth-order valence-corrected chi connectivity index (χ4v) is 1.11. The number of amides is 1. The summed E-state index contributed by atoms with van der Waals surface area (Å²) in [4.78, 5) is 13.7. The first-order chi connectivity index (χ1) is 6.40. The largest absolute Gasteiger partial charge is 0.354 e. The Morgan fingerprint density at radius 3 is 2.43 bits per heavy atom. The minimum Gasteiger partial charge on any atom is -0.354 e. The van der Waals surface area contributed by atoms with E-state index in [4.69, 9.17) is 5.73 Å². The van der Waals surface area contributed by atoms with Crippen LogP contribution in [0.5, 0.6) is 0 Å². The lowest BCUT2D eigenvalue weighted by molar-refractivity contribution is -0.129. The SMILES string of the molecule is CN(C)CCNC(=O)C(C)(C)CCN. The van der Waals surface area contributed by atoms with Crippen molar-refractivity contribution in [2.24, 2.45) is 11.1 Å². The maximum Gasteiger partial charge on any atom is 0.225 e. The number of carbonyl (C=O) groups is 1. The van der Waals surface area contributed by atoms with E-state index in [1.165, 1.54) is 0 Å². The summed E-state index contributed by atoms with van der Waals surface area (Å²) < 4.78 is 0. The Labute approximate surface area is 86.8 Å². The number of likely N-dealkylation sites (N-methyl/N-ethyl adjacent to an activating group) is 1. The van der Waals surface area contributed by atoms with E-state index in [1.54, 1.807) is 0 Å². The van der Waals surface area contributed by atoms with Crippen LogP contribution in [0.3, 0.4) is 0 Å². The van der Waals surface area contributed by atoms with E-state index in [-0.39, 0.29) is 11.3 Å². The van der Waals surface area contributed by atoms with Gasteiger partial charge in [0.05, 0.1) is 0 Å². The molecular formula is C10H23N3O. The van der Waals surface area contributed by atoms with E-state index in [0.29, 0.717) is 13.1 Å². The summed E-state index contributed by atoms with van der Waals surface area (Å²) in [5.41, 5.74) is 5.09. The fraction of sp³-hybridized carbons (Fsp3) is 0.900. The lowest BCUT2D eigenvalue weighted by atomic mass is 9.88. The zero-order valence-electron chi connectivity index (χ0n) is 9.76. The molecule has 0 heterocycles. The quantitative estimate of drug-likeness (QED) is 0.638. The first-order valence-corrected chi connectivity index (χ1v) is 5.03. The summed E-state index contributed by atoms with van der Waals surface area (Å²) >= 11 is 0. The van der Waals surface area contributed by atoms with E-state index in [9.17, 15) is 4.79 Å². The van der Waals surface area contributed by atoms with Gasteiger partial charge in [-0.15, -0.1) is 0 Å². The topological polar surface area (TPSA) is 58.4 Å². The highest BCUT2D eigenvalue weighted by atomic mass is 16.2. The van der Waals surface area contributed by atoms with Gasteiger partial charge in [0.15, 0.2) is 0 Å². The van der Waals surface area contributed by atoms with Crippen LogP contribution >= 0.6 is 0 Å². The Hall–Kier alpha value is -0.610. The van der Waals surface area contributed by atoms with Crippen LogP contribution in [0.4, 0.5) is 0 Å². The van der Waals surface area contributed by atoms with Crippen molar-refractivity contribution < 1.29 is 4.79 Å². The molecule has 0 aromatic rings. The Kier molecular flexibility index (Phi) is 5.72. The number of nitrogens with one attached hydrogen (secondary N) is 1. The van der Waals surface area contributed by atoms with Crippen LogP contribution in [0, 0.1) is 5.41 Å². The lowest BCUT2D eigenvalue weighted by Crippen LogP contribution is -2.40. The predicted molar refractivity (Wildman–Crippen MR) is 59.0 cm³/mol. The van der Waals surface area contributed by atoms with Gasteiger partial charge in [-0.25, -0.2) is 0 Å². The fourth-order valence-electron chi connectivity index (χ4n) is 1.11. The standard InChI is InChI=1S/C10H23N3O/c1-10(2,5-6-11)9(14)12-7-8-13(3)4/h5-8,11H2,1-4H3,(H,12,14). The number of carbonyl (C=O) groups excluding carboxylic acids is 1. The average Bonchev–Trinajstić information content (AvgIpc) is 2.03. The molecule has 0 fully saturated rings. The highest BCUT2D eigenvalue weighted by Crippen LogP contribution is 2.18. The van der Waals surface area contributed by atoms with E-state index in [1.807, 2.05) is 32.8 Å². The van der Waals surface area contributed by atoms with Gasteiger partial charge in [-0.1, -0.05) is 13.8 Å². The van der Waals surface area contributed by atoms with E-state index >= 15 is 0 Å². The monoisotopic (exact) mass is 201 g/mol. The number of nitrogens with zero attached hydrogens (tertiary/aromatic N) is 1. The second-order valence-electron chi connectivity index (χ2n) is 4.48. The van der Waals surface area contributed by atoms with E-state index < -0.39 is 0 Å². The van der Waals surface area contributed by atoms with Gasteiger partial charge in [-0.3, -0.25) is 4.79 Å². The van der Waals surface area contributed by atoms with Crippen molar-refractivity contribution in [1.82, 2.24) is 10.2 Å². The highest BCUT2D eigenvalue weighted by molar-refractivity contribution is 5.81. The van der Waals surface area contributed by atoms with Crippen LogP contribution in [0.25, 0.3) is 0 Å². The van der Waals surface area contributed by atoms with Crippen LogP contribution in [-0.2, 0) is 4.79 Å². The summed E-state index contributed by atoms with van der Waals surface area (Å²) in [6, 6.07) is 0. The first kappa shape index (κ1) is 13.4. The summed E-state index contributed by atoms with van der Waals surface area (Å²) in [7, 11) is 3.97. The molecule has 0 unspecified atom stereocenters. The van der Waals surface area contributed by atoms with Gasteiger partial charge in [-0.05, 0) is 27.1 Å². The van der Waals surface area contributed by atoms with Crippen LogP contribution in [0.15, 0.2) is 0 Å². The Morgan fingerprint density at radius 2 is 2.00 bits per heavy atom. The molecule has 0 aliphatic carbocycles. The van der Waals surface area contributed by atoms with Gasteiger partial charge in [0.1, 0.15) is 0 Å². The molecule has 4 nitrogen and oxygen atoms in total. The maximum absolute atomic E-state index is 11.7. The zero-order chi connectivity index (χ0) is 11.2. The summed E-state index contributed by atoms with van der Waals surface area (Å²) in [5, 5.41) is 2.90. The average molecular weight is 201 g/mol. The lowest BCUT2D eigenvalue weighted by Gasteiger charge is -2.23. The number of hydrogen-bond acceptors (Lipinski definition) is 3. The molecule has 0 aromatic heterocycles. The minimum absolute atomic E-state index is 0.0878. The third kappa shape index (κ3) is 5.19. The molecule has 0 spiro atoms. The number of nitrogens with two attached hydrogens (primary N) is 1. The van der Waals surface area contributed by atoms with Gasteiger partial charge in [0.2, 0.25) is 5.91 Å². The van der Waals surface area contributed by atoms with Crippen molar-refractivity contribution >= 4 is 5.91 Å². The molecule has 0 aliphatic heterocycles. The molecule has 0 saturated heterocycles. The van der Waals surface area contributed by atoms with E-state index in [0.717, 1.165) is 13.0 Å². The minimum atomic E-state index is -0.346. The Balaban J connectivity index is 3.83. The van der Waals surface area contributed by atoms with Crippen molar-refractivity contribution in [2.75, 3.05) is 33.7 Å². The number of rotatable bonds is 6. The van der Waals surface area contributed by atoms with Crippen LogP contribution in [0.1, 0.15) is 20.3 Å². The molecule has 0 aromatic carbocycles. The summed E-state index contributed by atoms with van der Waals surface area (Å²) in [6.45, 7) is 5.95. The Morgan fingerprint density at radius 1 is 1.43 bits per heavy atom. The molecular weight excluding hydrogens is 178 g/mol. The van der Waals surface area contributed by atoms with Crippen LogP contribution in [-0.4, -0.2) is 44.5 Å². The molecule has 0 radical (unpaired) electrons. The second kappa shape index (κ2) is 5.98. The second-order valence-corrected chi connectivity index (χ2v) is 4.48.